The molecule has 19 heavy (non-hydrogen) atoms. The fourth-order valence-electron chi connectivity index (χ4n) is 1.67. The van der Waals surface area contributed by atoms with Crippen LogP contribution in [0.3, 0.4) is 0 Å². The van der Waals surface area contributed by atoms with Crippen LogP contribution in [-0.2, 0) is 0 Å². The van der Waals surface area contributed by atoms with Crippen molar-refractivity contribution < 1.29 is 9.53 Å². The third kappa shape index (κ3) is 3.28. The van der Waals surface area contributed by atoms with E-state index in [1.807, 2.05) is 37.3 Å². The van der Waals surface area contributed by atoms with Gasteiger partial charge in [-0.1, -0.05) is 30.3 Å². The minimum Gasteiger partial charge on any atom is -0.481 e. The summed E-state index contributed by atoms with van der Waals surface area (Å²) in [6.07, 6.45) is 1.31. The van der Waals surface area contributed by atoms with Crippen molar-refractivity contribution in [2.45, 2.75) is 13.0 Å². The third-order valence-electron chi connectivity index (χ3n) is 2.73. The first-order chi connectivity index (χ1) is 9.20. The van der Waals surface area contributed by atoms with Crippen LogP contribution in [0.5, 0.6) is 5.88 Å². The average molecular weight is 257 g/mol. The van der Waals surface area contributed by atoms with E-state index in [1.165, 1.54) is 19.5 Å². The maximum atomic E-state index is 12.0. The zero-order valence-electron chi connectivity index (χ0n) is 10.8. The summed E-state index contributed by atoms with van der Waals surface area (Å²) in [5, 5.41) is 2.88. The highest BCUT2D eigenvalue weighted by molar-refractivity contribution is 5.92. The molecule has 0 aliphatic carbocycles. The summed E-state index contributed by atoms with van der Waals surface area (Å²) in [7, 11) is 1.50. The van der Waals surface area contributed by atoms with E-state index in [0.29, 0.717) is 5.88 Å². The van der Waals surface area contributed by atoms with Crippen LogP contribution in [0.15, 0.2) is 42.7 Å². The highest BCUT2D eigenvalue weighted by atomic mass is 16.5. The summed E-state index contributed by atoms with van der Waals surface area (Å²) in [6.45, 7) is 1.92. The van der Waals surface area contributed by atoms with Crippen molar-refractivity contribution in [3.8, 4) is 5.88 Å². The molecule has 1 aromatic carbocycles. The Morgan fingerprint density at radius 1 is 1.26 bits per heavy atom. The number of ether oxygens (including phenoxy) is 1. The number of hydrogen-bond acceptors (Lipinski definition) is 4. The molecule has 0 bridgehead atoms. The van der Waals surface area contributed by atoms with E-state index in [0.717, 1.165) is 5.56 Å². The van der Waals surface area contributed by atoms with E-state index in [4.69, 9.17) is 4.74 Å². The first-order valence-electron chi connectivity index (χ1n) is 5.92. The molecule has 1 amide bonds. The van der Waals surface area contributed by atoms with E-state index in [-0.39, 0.29) is 17.6 Å². The molecule has 2 aromatic rings. The molecule has 98 valence electrons. The second-order valence-electron chi connectivity index (χ2n) is 4.05. The van der Waals surface area contributed by atoms with Crippen molar-refractivity contribution in [3.63, 3.8) is 0 Å². The lowest BCUT2D eigenvalue weighted by Gasteiger charge is -2.13. The zero-order chi connectivity index (χ0) is 13.7. The van der Waals surface area contributed by atoms with Gasteiger partial charge in [-0.3, -0.25) is 4.79 Å². The standard InChI is InChI=1S/C14H15N3O2/c1-10(11-6-4-3-5-7-11)17-14(18)12-8-13(19-2)16-9-15-12/h3-10H,1-2H3,(H,17,18)/t10-/m0/s1. The monoisotopic (exact) mass is 257 g/mol. The molecule has 1 aromatic heterocycles. The number of hydrogen-bond donors (Lipinski definition) is 1. The quantitative estimate of drug-likeness (QED) is 0.909. The van der Waals surface area contributed by atoms with Crippen molar-refractivity contribution >= 4 is 5.91 Å². The average Bonchev–Trinajstić information content (AvgIpc) is 2.48. The van der Waals surface area contributed by atoms with Crippen LogP contribution in [0, 0.1) is 0 Å². The van der Waals surface area contributed by atoms with Crippen molar-refractivity contribution in [2.24, 2.45) is 0 Å². The molecule has 0 saturated carbocycles. The molecule has 1 atom stereocenters. The molecule has 0 aliphatic heterocycles. The molecule has 1 N–H and O–H groups in total. The molecule has 5 nitrogen and oxygen atoms in total. The van der Waals surface area contributed by atoms with Crippen molar-refractivity contribution in [1.82, 2.24) is 15.3 Å². The number of aromatic nitrogens is 2. The predicted octanol–water partition coefficient (Wildman–Crippen LogP) is 1.98. The Kier molecular flexibility index (Phi) is 4.07. The first kappa shape index (κ1) is 13.0. The molecule has 5 heteroatoms. The van der Waals surface area contributed by atoms with Gasteiger partial charge in [0, 0.05) is 6.07 Å². The topological polar surface area (TPSA) is 64.1 Å². The van der Waals surface area contributed by atoms with E-state index >= 15 is 0 Å². The fraction of sp³-hybridized carbons (Fsp3) is 0.214. The van der Waals surface area contributed by atoms with Gasteiger partial charge in [0.25, 0.3) is 5.91 Å². The lowest BCUT2D eigenvalue weighted by Crippen LogP contribution is -2.27. The maximum Gasteiger partial charge on any atom is 0.270 e. The van der Waals surface area contributed by atoms with Gasteiger partial charge < -0.3 is 10.1 Å². The molecule has 0 saturated heterocycles. The SMILES string of the molecule is COc1cc(C(=O)N[C@@H](C)c2ccccc2)ncn1. The Morgan fingerprint density at radius 3 is 2.68 bits per heavy atom. The molecular weight excluding hydrogens is 242 g/mol. The second-order valence-corrected chi connectivity index (χ2v) is 4.05. The smallest absolute Gasteiger partial charge is 0.270 e. The van der Waals surface area contributed by atoms with Gasteiger partial charge >= 0.3 is 0 Å². The number of carbonyl (C=O) groups excluding carboxylic acids is 1. The second kappa shape index (κ2) is 5.95. The molecule has 2 rings (SSSR count). The van der Waals surface area contributed by atoms with Crippen molar-refractivity contribution in [1.29, 1.82) is 0 Å². The molecule has 0 unspecified atom stereocenters. The summed E-state index contributed by atoms with van der Waals surface area (Å²) in [5.74, 6) is 0.115. The maximum absolute atomic E-state index is 12.0. The van der Waals surface area contributed by atoms with E-state index in [2.05, 4.69) is 15.3 Å². The van der Waals surface area contributed by atoms with Crippen LogP contribution in [-0.4, -0.2) is 23.0 Å². The Labute approximate surface area is 111 Å². The molecule has 0 spiro atoms. The van der Waals surface area contributed by atoms with Gasteiger partial charge in [0.05, 0.1) is 13.2 Å². The number of nitrogens with one attached hydrogen (secondary N) is 1. The minimum absolute atomic E-state index is 0.0883. The molecule has 1 heterocycles. The van der Waals surface area contributed by atoms with E-state index in [1.54, 1.807) is 0 Å². The van der Waals surface area contributed by atoms with Crippen LogP contribution in [0.2, 0.25) is 0 Å². The summed E-state index contributed by atoms with van der Waals surface area (Å²) >= 11 is 0. The number of amides is 1. The van der Waals surface area contributed by atoms with Crippen molar-refractivity contribution in [3.05, 3.63) is 54.0 Å². The Hall–Kier alpha value is -2.43. The normalized spacial score (nSPS) is 11.7. The van der Waals surface area contributed by atoms with Gasteiger partial charge in [0.1, 0.15) is 12.0 Å². The summed E-state index contributed by atoms with van der Waals surface area (Å²) in [6, 6.07) is 11.2. The van der Waals surface area contributed by atoms with Gasteiger partial charge in [-0.15, -0.1) is 0 Å². The lowest BCUT2D eigenvalue weighted by atomic mass is 10.1. The fourth-order valence-corrected chi connectivity index (χ4v) is 1.67. The largest absolute Gasteiger partial charge is 0.481 e. The van der Waals surface area contributed by atoms with Crippen LogP contribution >= 0.6 is 0 Å². The minimum atomic E-state index is -0.253. The Bertz CT molecular complexity index is 558. The van der Waals surface area contributed by atoms with Gasteiger partial charge in [-0.25, -0.2) is 9.97 Å². The Morgan fingerprint density at radius 2 is 2.00 bits per heavy atom. The van der Waals surface area contributed by atoms with Gasteiger partial charge in [-0.05, 0) is 12.5 Å². The number of methoxy groups -OCH3 is 1. The predicted molar refractivity (Wildman–Crippen MR) is 70.9 cm³/mol. The number of carbonyl (C=O) groups is 1. The molecule has 0 radical (unpaired) electrons. The lowest BCUT2D eigenvalue weighted by molar-refractivity contribution is 0.0934. The zero-order valence-corrected chi connectivity index (χ0v) is 10.8. The summed E-state index contributed by atoms with van der Waals surface area (Å²) in [5.41, 5.74) is 1.33. The van der Waals surface area contributed by atoms with Gasteiger partial charge in [0.15, 0.2) is 0 Å². The van der Waals surface area contributed by atoms with Crippen LogP contribution in [0.1, 0.15) is 29.0 Å². The van der Waals surface area contributed by atoms with E-state index in [9.17, 15) is 4.79 Å². The van der Waals surface area contributed by atoms with E-state index < -0.39 is 0 Å². The van der Waals surface area contributed by atoms with Crippen LogP contribution < -0.4 is 10.1 Å². The van der Waals surface area contributed by atoms with Gasteiger partial charge in [0.2, 0.25) is 5.88 Å². The van der Waals surface area contributed by atoms with Crippen LogP contribution in [0.4, 0.5) is 0 Å². The van der Waals surface area contributed by atoms with Gasteiger partial charge in [-0.2, -0.15) is 0 Å². The number of rotatable bonds is 4. The summed E-state index contributed by atoms with van der Waals surface area (Å²) < 4.78 is 4.96. The number of nitrogens with zero attached hydrogens (tertiary/aromatic N) is 2. The van der Waals surface area contributed by atoms with Crippen LogP contribution in [0.25, 0.3) is 0 Å². The highest BCUT2D eigenvalue weighted by Crippen LogP contribution is 2.12. The first-order valence-corrected chi connectivity index (χ1v) is 5.92. The highest BCUT2D eigenvalue weighted by Gasteiger charge is 2.13. The molecule has 0 aliphatic rings. The molecule has 0 fully saturated rings. The van der Waals surface area contributed by atoms with Crippen molar-refractivity contribution in [2.75, 3.05) is 7.11 Å². The summed E-state index contributed by atoms with van der Waals surface area (Å²) in [4.78, 5) is 19.8. The number of benzene rings is 1. The Balaban J connectivity index is 2.08. The third-order valence-corrected chi connectivity index (χ3v) is 2.73. The molecular formula is C14H15N3O2.